The van der Waals surface area contributed by atoms with Crippen molar-refractivity contribution in [2.24, 2.45) is 11.7 Å². The fourth-order valence-electron chi connectivity index (χ4n) is 7.02. The van der Waals surface area contributed by atoms with Crippen molar-refractivity contribution in [1.29, 1.82) is 0 Å². The molecule has 1 saturated carbocycles. The van der Waals surface area contributed by atoms with Crippen molar-refractivity contribution >= 4 is 0 Å². The van der Waals surface area contributed by atoms with Crippen molar-refractivity contribution in [2.75, 3.05) is 45.8 Å². The molecule has 1 aliphatic carbocycles. The van der Waals surface area contributed by atoms with Crippen molar-refractivity contribution in [3.8, 4) is 11.5 Å². The first-order valence-electron chi connectivity index (χ1n) is 14.1. The molecule has 1 atom stereocenters. The standard InChI is InChI=1S/C29H46N4O2/c1-22-9-12-29(24-7-8-27(34)28(35)17-24,21-33(22)18-23-5-3-2-4-6-23)13-16-31-19-26(20-31)32-14-10-25(30)11-15-32/h7-8,17,23,25-26,34-35H,1-6,9-16,18-21,30H2. The Hall–Kier alpha value is -1.76. The first-order chi connectivity index (χ1) is 16.9. The number of hydrogen-bond donors (Lipinski definition) is 3. The van der Waals surface area contributed by atoms with E-state index in [-0.39, 0.29) is 16.9 Å². The van der Waals surface area contributed by atoms with Gasteiger partial charge in [0.25, 0.3) is 0 Å². The van der Waals surface area contributed by atoms with E-state index >= 15 is 0 Å². The number of rotatable bonds is 7. The molecule has 6 nitrogen and oxygen atoms in total. The molecule has 0 radical (unpaired) electrons. The molecule has 0 spiro atoms. The van der Waals surface area contributed by atoms with Crippen LogP contribution in [0, 0.1) is 5.92 Å². The molecule has 1 aromatic carbocycles. The molecule has 0 bridgehead atoms. The molecule has 194 valence electrons. The largest absolute Gasteiger partial charge is 0.504 e. The quantitative estimate of drug-likeness (QED) is 0.510. The number of likely N-dealkylation sites (tertiary alicyclic amines) is 3. The zero-order valence-electron chi connectivity index (χ0n) is 21.5. The molecule has 4 fully saturated rings. The van der Waals surface area contributed by atoms with E-state index in [0.717, 1.165) is 89.4 Å². The van der Waals surface area contributed by atoms with Crippen LogP contribution in [0.3, 0.4) is 0 Å². The fraction of sp³-hybridized carbons (Fsp3) is 0.724. The van der Waals surface area contributed by atoms with Crippen LogP contribution in [0.15, 0.2) is 30.5 Å². The topological polar surface area (TPSA) is 76.2 Å². The van der Waals surface area contributed by atoms with Crippen molar-refractivity contribution in [3.05, 3.63) is 36.0 Å². The Morgan fingerprint density at radius 3 is 2.46 bits per heavy atom. The number of allylic oxidation sites excluding steroid dienone is 1. The number of piperidine rings is 2. The van der Waals surface area contributed by atoms with E-state index in [1.54, 1.807) is 6.07 Å². The summed E-state index contributed by atoms with van der Waals surface area (Å²) >= 11 is 0. The van der Waals surface area contributed by atoms with E-state index in [1.807, 2.05) is 12.1 Å². The highest BCUT2D eigenvalue weighted by atomic mass is 16.3. The molecule has 1 aromatic rings. The Bertz CT molecular complexity index is 871. The minimum Gasteiger partial charge on any atom is -0.504 e. The van der Waals surface area contributed by atoms with E-state index in [0.29, 0.717) is 12.1 Å². The summed E-state index contributed by atoms with van der Waals surface area (Å²) in [4.78, 5) is 7.82. The molecular formula is C29H46N4O2. The smallest absolute Gasteiger partial charge is 0.157 e. The second-order valence-corrected chi connectivity index (χ2v) is 12.0. The Labute approximate surface area is 211 Å². The van der Waals surface area contributed by atoms with Gasteiger partial charge in [0.15, 0.2) is 11.5 Å². The summed E-state index contributed by atoms with van der Waals surface area (Å²) < 4.78 is 0. The summed E-state index contributed by atoms with van der Waals surface area (Å²) in [5.41, 5.74) is 8.52. The number of benzene rings is 1. The van der Waals surface area contributed by atoms with Crippen LogP contribution in [0.1, 0.15) is 69.8 Å². The van der Waals surface area contributed by atoms with Crippen LogP contribution in [-0.2, 0) is 5.41 Å². The van der Waals surface area contributed by atoms with Gasteiger partial charge in [0.05, 0.1) is 0 Å². The molecular weight excluding hydrogens is 436 g/mol. The van der Waals surface area contributed by atoms with Gasteiger partial charge < -0.3 is 25.7 Å². The van der Waals surface area contributed by atoms with Gasteiger partial charge >= 0.3 is 0 Å². The zero-order chi connectivity index (χ0) is 24.4. The number of nitrogens with two attached hydrogens (primary N) is 1. The van der Waals surface area contributed by atoms with E-state index in [1.165, 1.54) is 37.8 Å². The van der Waals surface area contributed by atoms with E-state index in [2.05, 4.69) is 21.3 Å². The van der Waals surface area contributed by atoms with Gasteiger partial charge in [-0.3, -0.25) is 4.90 Å². The average molecular weight is 483 g/mol. The van der Waals surface area contributed by atoms with Crippen LogP contribution >= 0.6 is 0 Å². The van der Waals surface area contributed by atoms with Crippen LogP contribution in [0.2, 0.25) is 0 Å². The Kier molecular flexibility index (Phi) is 7.61. The number of aromatic hydroxyl groups is 2. The molecule has 4 aliphatic rings. The van der Waals surface area contributed by atoms with Crippen molar-refractivity contribution in [2.45, 2.75) is 81.7 Å². The molecule has 6 heteroatoms. The summed E-state index contributed by atoms with van der Waals surface area (Å²) in [6.45, 7) is 12.2. The van der Waals surface area contributed by atoms with Crippen LogP contribution in [0.5, 0.6) is 11.5 Å². The predicted molar refractivity (Wildman–Crippen MR) is 142 cm³/mol. The van der Waals surface area contributed by atoms with Crippen LogP contribution in [-0.4, -0.2) is 82.8 Å². The predicted octanol–water partition coefficient (Wildman–Crippen LogP) is 4.02. The minimum absolute atomic E-state index is 0.00238. The third kappa shape index (κ3) is 5.65. The lowest BCUT2D eigenvalue weighted by Gasteiger charge is -2.50. The highest BCUT2D eigenvalue weighted by Crippen LogP contribution is 2.43. The molecule has 4 N–H and O–H groups in total. The number of nitrogens with zero attached hydrogens (tertiary/aromatic N) is 3. The summed E-state index contributed by atoms with van der Waals surface area (Å²) in [5.74, 6) is 0.741. The van der Waals surface area contributed by atoms with E-state index < -0.39 is 0 Å². The fourth-order valence-corrected chi connectivity index (χ4v) is 7.02. The summed E-state index contributed by atoms with van der Waals surface area (Å²) in [6, 6.07) is 6.60. The minimum atomic E-state index is -0.0324. The lowest BCUT2D eigenvalue weighted by atomic mass is 9.70. The maximum Gasteiger partial charge on any atom is 0.157 e. The van der Waals surface area contributed by atoms with Crippen molar-refractivity contribution in [3.63, 3.8) is 0 Å². The molecule has 35 heavy (non-hydrogen) atoms. The van der Waals surface area contributed by atoms with E-state index in [4.69, 9.17) is 5.73 Å². The van der Waals surface area contributed by atoms with Crippen LogP contribution in [0.25, 0.3) is 0 Å². The summed E-state index contributed by atoms with van der Waals surface area (Å²) in [7, 11) is 0. The Balaban J connectivity index is 1.26. The molecule has 5 rings (SSSR count). The van der Waals surface area contributed by atoms with Crippen molar-refractivity contribution < 1.29 is 10.2 Å². The lowest BCUT2D eigenvalue weighted by Crippen LogP contribution is -2.62. The van der Waals surface area contributed by atoms with Gasteiger partial charge in [-0.05, 0) is 75.1 Å². The summed E-state index contributed by atoms with van der Waals surface area (Å²) in [5, 5.41) is 20.3. The first-order valence-corrected chi connectivity index (χ1v) is 14.1. The maximum atomic E-state index is 10.4. The van der Waals surface area contributed by atoms with Gasteiger partial charge in [-0.25, -0.2) is 0 Å². The second kappa shape index (κ2) is 10.7. The molecule has 3 heterocycles. The Morgan fingerprint density at radius 1 is 1.00 bits per heavy atom. The normalized spacial score (nSPS) is 28.4. The molecule has 0 aromatic heterocycles. The van der Waals surface area contributed by atoms with Gasteiger partial charge in [0.1, 0.15) is 0 Å². The van der Waals surface area contributed by atoms with Gasteiger partial charge in [0.2, 0.25) is 0 Å². The molecule has 3 saturated heterocycles. The molecule has 0 amide bonds. The average Bonchev–Trinajstić information content (AvgIpc) is 2.83. The van der Waals surface area contributed by atoms with Gasteiger partial charge in [-0.2, -0.15) is 0 Å². The van der Waals surface area contributed by atoms with Crippen LogP contribution < -0.4 is 5.73 Å². The third-order valence-corrected chi connectivity index (χ3v) is 9.56. The SMILES string of the molecule is C=C1CCC(CCN2CC(N3CCC(N)CC3)C2)(c2ccc(O)c(O)c2)CN1CC1CCCCC1. The highest BCUT2D eigenvalue weighted by molar-refractivity contribution is 5.44. The molecule has 1 unspecified atom stereocenters. The van der Waals surface area contributed by atoms with Gasteiger partial charge in [-0.1, -0.05) is 31.9 Å². The number of hydrogen-bond acceptors (Lipinski definition) is 6. The first kappa shape index (κ1) is 24.9. The second-order valence-electron chi connectivity index (χ2n) is 12.0. The number of phenols is 2. The van der Waals surface area contributed by atoms with E-state index in [9.17, 15) is 10.2 Å². The summed E-state index contributed by atoms with van der Waals surface area (Å²) in [6.07, 6.45) is 12.2. The zero-order valence-corrected chi connectivity index (χ0v) is 21.5. The number of phenolic OH excluding ortho intramolecular Hbond substituents is 2. The third-order valence-electron chi connectivity index (χ3n) is 9.56. The Morgan fingerprint density at radius 2 is 1.74 bits per heavy atom. The van der Waals surface area contributed by atoms with Gasteiger partial charge in [0, 0.05) is 62.5 Å². The molecule has 3 aliphatic heterocycles. The monoisotopic (exact) mass is 482 g/mol. The van der Waals surface area contributed by atoms with Crippen LogP contribution in [0.4, 0.5) is 0 Å². The maximum absolute atomic E-state index is 10.4. The highest BCUT2D eigenvalue weighted by Gasteiger charge is 2.41. The van der Waals surface area contributed by atoms with Crippen molar-refractivity contribution in [1.82, 2.24) is 14.7 Å². The lowest BCUT2D eigenvalue weighted by molar-refractivity contribution is 0.0136. The van der Waals surface area contributed by atoms with Gasteiger partial charge in [-0.15, -0.1) is 0 Å².